The fraction of sp³-hybridized carbons (Fsp3) is 0.632. The number of hydrogen-bond acceptors (Lipinski definition) is 3. The van der Waals surface area contributed by atoms with Gasteiger partial charge in [0.25, 0.3) is 5.91 Å². The molecule has 2 bridgehead atoms. The molecule has 2 atom stereocenters. The molecule has 3 nitrogen and oxygen atoms in total. The summed E-state index contributed by atoms with van der Waals surface area (Å²) in [5.74, 6) is 1.46. The van der Waals surface area contributed by atoms with Crippen LogP contribution in [-0.4, -0.2) is 41.0 Å². The number of benzene rings is 1. The number of carbonyl (C=O) groups is 1. The summed E-state index contributed by atoms with van der Waals surface area (Å²) in [6.45, 7) is 4.51. The summed E-state index contributed by atoms with van der Waals surface area (Å²) in [6.07, 6.45) is 6.80. The second-order valence-corrected chi connectivity index (χ2v) is 8.17. The number of nitrogens with zero attached hydrogens (tertiary/aromatic N) is 1. The van der Waals surface area contributed by atoms with Crippen molar-refractivity contribution in [3.8, 4) is 5.75 Å². The van der Waals surface area contributed by atoms with Gasteiger partial charge in [-0.3, -0.25) is 4.79 Å². The first-order valence-electron chi connectivity index (χ1n) is 8.65. The molecule has 0 N–H and O–H groups in total. The van der Waals surface area contributed by atoms with Gasteiger partial charge in [0.05, 0.1) is 0 Å². The van der Waals surface area contributed by atoms with Gasteiger partial charge in [0.15, 0.2) is 6.61 Å². The number of rotatable bonds is 5. The van der Waals surface area contributed by atoms with E-state index < -0.39 is 0 Å². The maximum absolute atomic E-state index is 12.6. The lowest BCUT2D eigenvalue weighted by molar-refractivity contribution is -0.137. The Morgan fingerprint density at radius 1 is 1.22 bits per heavy atom. The second kappa shape index (κ2) is 7.16. The van der Waals surface area contributed by atoms with Crippen LogP contribution in [0, 0.1) is 0 Å². The summed E-state index contributed by atoms with van der Waals surface area (Å²) < 4.78 is 5.74. The van der Waals surface area contributed by atoms with Crippen molar-refractivity contribution in [1.29, 1.82) is 0 Å². The molecule has 0 spiro atoms. The maximum Gasteiger partial charge on any atom is 0.261 e. The van der Waals surface area contributed by atoms with E-state index >= 15 is 0 Å². The maximum atomic E-state index is 12.6. The summed E-state index contributed by atoms with van der Waals surface area (Å²) >= 11 is 1.95. The minimum atomic E-state index is 0.157. The van der Waals surface area contributed by atoms with Crippen molar-refractivity contribution in [2.45, 2.75) is 62.8 Å². The molecule has 0 saturated carbocycles. The first kappa shape index (κ1) is 16.7. The molecular formula is C19H27NO2S. The summed E-state index contributed by atoms with van der Waals surface area (Å²) in [6, 6.07) is 8.97. The van der Waals surface area contributed by atoms with Crippen molar-refractivity contribution in [1.82, 2.24) is 4.90 Å². The van der Waals surface area contributed by atoms with Crippen LogP contribution in [0.5, 0.6) is 5.75 Å². The molecule has 126 valence electrons. The van der Waals surface area contributed by atoms with Crippen LogP contribution in [0.15, 0.2) is 24.3 Å². The highest BCUT2D eigenvalue weighted by Gasteiger charge is 2.42. The number of thioether (sulfide) groups is 1. The number of piperidine rings is 1. The molecule has 2 heterocycles. The Morgan fingerprint density at radius 2 is 1.83 bits per heavy atom. The zero-order valence-corrected chi connectivity index (χ0v) is 15.1. The molecule has 1 amide bonds. The topological polar surface area (TPSA) is 29.5 Å². The van der Waals surface area contributed by atoms with E-state index in [1.807, 2.05) is 23.9 Å². The van der Waals surface area contributed by atoms with Crippen molar-refractivity contribution >= 4 is 17.7 Å². The fourth-order valence-electron chi connectivity index (χ4n) is 3.90. The molecule has 2 unspecified atom stereocenters. The van der Waals surface area contributed by atoms with Crippen LogP contribution in [0.3, 0.4) is 0 Å². The van der Waals surface area contributed by atoms with E-state index in [9.17, 15) is 4.79 Å². The van der Waals surface area contributed by atoms with E-state index in [0.29, 0.717) is 18.0 Å². The molecule has 1 aromatic rings. The van der Waals surface area contributed by atoms with Gasteiger partial charge in [0.1, 0.15) is 5.75 Å². The molecule has 0 radical (unpaired) electrons. The van der Waals surface area contributed by atoms with Crippen LogP contribution < -0.4 is 4.74 Å². The van der Waals surface area contributed by atoms with Crippen LogP contribution in [0.1, 0.15) is 51.0 Å². The molecule has 1 aromatic carbocycles. The van der Waals surface area contributed by atoms with Crippen LogP contribution in [0.2, 0.25) is 0 Å². The Kier molecular flexibility index (Phi) is 5.20. The predicted octanol–water partition coefficient (Wildman–Crippen LogP) is 4.07. The van der Waals surface area contributed by atoms with E-state index in [2.05, 4.69) is 37.1 Å². The van der Waals surface area contributed by atoms with Gasteiger partial charge in [0, 0.05) is 17.3 Å². The Bertz CT molecular complexity index is 529. The Hall–Kier alpha value is -1.16. The Morgan fingerprint density at radius 3 is 2.35 bits per heavy atom. The average molecular weight is 333 g/mol. The third kappa shape index (κ3) is 3.68. The zero-order chi connectivity index (χ0) is 16.4. The number of ether oxygens (including phenoxy) is 1. The fourth-order valence-corrected chi connectivity index (χ4v) is 4.72. The first-order valence-corrected chi connectivity index (χ1v) is 9.94. The number of fused-ring (bicyclic) bond motifs is 2. The minimum absolute atomic E-state index is 0.157. The zero-order valence-electron chi connectivity index (χ0n) is 14.3. The molecule has 2 fully saturated rings. The molecule has 0 aromatic heterocycles. The SMILES string of the molecule is CSC1CC2CCC(C1)N2C(=O)COc1ccc(C(C)C)cc1. The summed E-state index contributed by atoms with van der Waals surface area (Å²) in [4.78, 5) is 14.7. The smallest absolute Gasteiger partial charge is 0.261 e. The van der Waals surface area contributed by atoms with E-state index in [0.717, 1.165) is 36.7 Å². The lowest BCUT2D eigenvalue weighted by atomic mass is 10.0. The molecule has 23 heavy (non-hydrogen) atoms. The van der Waals surface area contributed by atoms with Gasteiger partial charge >= 0.3 is 0 Å². The lowest BCUT2D eigenvalue weighted by Gasteiger charge is -2.38. The van der Waals surface area contributed by atoms with Gasteiger partial charge in [0.2, 0.25) is 0 Å². The van der Waals surface area contributed by atoms with E-state index in [1.165, 1.54) is 5.56 Å². The number of hydrogen-bond donors (Lipinski definition) is 0. The Labute approximate surface area is 143 Å². The highest BCUT2D eigenvalue weighted by Crippen LogP contribution is 2.39. The Balaban J connectivity index is 1.56. The molecule has 4 heteroatoms. The van der Waals surface area contributed by atoms with E-state index in [1.54, 1.807) is 0 Å². The van der Waals surface area contributed by atoms with Gasteiger partial charge in [-0.2, -0.15) is 11.8 Å². The largest absolute Gasteiger partial charge is 0.484 e. The monoisotopic (exact) mass is 333 g/mol. The normalized spacial score (nSPS) is 26.6. The third-order valence-electron chi connectivity index (χ3n) is 5.22. The van der Waals surface area contributed by atoms with Gasteiger partial charge < -0.3 is 9.64 Å². The number of amides is 1. The van der Waals surface area contributed by atoms with Crippen molar-refractivity contribution in [2.75, 3.05) is 12.9 Å². The standard InChI is InChI=1S/C19H27NO2S/c1-13(2)14-4-8-17(9-5-14)22-12-19(21)20-15-6-7-16(20)11-18(10-15)23-3/h4-5,8-9,13,15-16,18H,6-7,10-12H2,1-3H3. The molecule has 2 aliphatic heterocycles. The molecule has 2 aliphatic rings. The van der Waals surface area contributed by atoms with Gasteiger partial charge in [-0.05, 0) is 55.6 Å². The van der Waals surface area contributed by atoms with Gasteiger partial charge in [-0.1, -0.05) is 26.0 Å². The van der Waals surface area contributed by atoms with E-state index in [-0.39, 0.29) is 12.5 Å². The second-order valence-electron chi connectivity index (χ2n) is 7.03. The quantitative estimate of drug-likeness (QED) is 0.813. The highest BCUT2D eigenvalue weighted by atomic mass is 32.2. The van der Waals surface area contributed by atoms with Crippen LogP contribution in [0.25, 0.3) is 0 Å². The van der Waals surface area contributed by atoms with Gasteiger partial charge in [-0.25, -0.2) is 0 Å². The summed E-state index contributed by atoms with van der Waals surface area (Å²) in [5, 5.41) is 0.723. The average Bonchev–Trinajstić information content (AvgIpc) is 2.83. The van der Waals surface area contributed by atoms with Gasteiger partial charge in [-0.15, -0.1) is 0 Å². The molecule has 2 saturated heterocycles. The number of carbonyl (C=O) groups excluding carboxylic acids is 1. The molecule has 0 aliphatic carbocycles. The molecular weight excluding hydrogens is 306 g/mol. The lowest BCUT2D eigenvalue weighted by Crippen LogP contribution is -2.49. The van der Waals surface area contributed by atoms with Crippen molar-refractivity contribution in [2.24, 2.45) is 0 Å². The van der Waals surface area contributed by atoms with Crippen LogP contribution in [-0.2, 0) is 4.79 Å². The summed E-state index contributed by atoms with van der Waals surface area (Å²) in [5.41, 5.74) is 1.29. The van der Waals surface area contributed by atoms with Crippen molar-refractivity contribution in [3.05, 3.63) is 29.8 Å². The van der Waals surface area contributed by atoms with E-state index in [4.69, 9.17) is 4.74 Å². The summed E-state index contributed by atoms with van der Waals surface area (Å²) in [7, 11) is 0. The van der Waals surface area contributed by atoms with Crippen molar-refractivity contribution in [3.63, 3.8) is 0 Å². The van der Waals surface area contributed by atoms with Crippen molar-refractivity contribution < 1.29 is 9.53 Å². The minimum Gasteiger partial charge on any atom is -0.484 e. The van der Waals surface area contributed by atoms with Crippen LogP contribution in [0.4, 0.5) is 0 Å². The predicted molar refractivity (Wildman–Crippen MR) is 96.2 cm³/mol. The molecule has 3 rings (SSSR count). The highest BCUT2D eigenvalue weighted by molar-refractivity contribution is 7.99. The third-order valence-corrected chi connectivity index (χ3v) is 6.27. The first-order chi connectivity index (χ1) is 11.1. The van der Waals surface area contributed by atoms with Crippen LogP contribution >= 0.6 is 11.8 Å².